The molecule has 1 aliphatic heterocycles. The van der Waals surface area contributed by atoms with Gasteiger partial charge in [0.05, 0.1) is 0 Å². The lowest BCUT2D eigenvalue weighted by atomic mass is 10.1. The Kier molecular flexibility index (Phi) is 4.48. The van der Waals surface area contributed by atoms with Gasteiger partial charge in [0.15, 0.2) is 0 Å². The minimum atomic E-state index is 0.916. The number of aromatic nitrogens is 3. The van der Waals surface area contributed by atoms with Gasteiger partial charge in [0.25, 0.3) is 0 Å². The average molecular weight is 286 g/mol. The molecule has 1 aliphatic rings. The molecule has 2 aromatic rings. The van der Waals surface area contributed by atoms with Gasteiger partial charge in [0.2, 0.25) is 0 Å². The number of thioether (sulfide) groups is 1. The zero-order valence-corrected chi connectivity index (χ0v) is 12.2. The van der Waals surface area contributed by atoms with Crippen molar-refractivity contribution >= 4 is 17.6 Å². The lowest BCUT2D eigenvalue weighted by Crippen LogP contribution is -2.30. The second kappa shape index (κ2) is 6.70. The molecular formula is C15H18N4S. The minimum absolute atomic E-state index is 0.916. The average Bonchev–Trinajstić information content (AvgIpc) is 2.55. The molecule has 0 N–H and O–H groups in total. The molecule has 3 heterocycles. The van der Waals surface area contributed by atoms with Crippen LogP contribution in [0.4, 0.5) is 5.82 Å². The maximum absolute atomic E-state index is 4.41. The Labute approximate surface area is 123 Å². The van der Waals surface area contributed by atoms with Gasteiger partial charge in [-0.25, -0.2) is 9.97 Å². The molecule has 0 amide bonds. The Bertz CT molecular complexity index is 541. The highest BCUT2D eigenvalue weighted by Gasteiger charge is 2.12. The summed E-state index contributed by atoms with van der Waals surface area (Å²) in [5, 5.41) is 1.04. The summed E-state index contributed by atoms with van der Waals surface area (Å²) in [5.74, 6) is 1.98. The van der Waals surface area contributed by atoms with Crippen LogP contribution in [0.25, 0.3) is 0 Å². The third-order valence-electron chi connectivity index (χ3n) is 3.44. The SMILES string of the molecule is c1cc(CSc2cc(N3CCCCC3)ncn2)ccn1. The molecule has 5 heteroatoms. The van der Waals surface area contributed by atoms with Crippen molar-refractivity contribution in [2.45, 2.75) is 30.0 Å². The number of nitrogens with zero attached hydrogens (tertiary/aromatic N) is 4. The van der Waals surface area contributed by atoms with Crippen molar-refractivity contribution in [3.05, 3.63) is 42.5 Å². The van der Waals surface area contributed by atoms with Crippen molar-refractivity contribution in [1.82, 2.24) is 15.0 Å². The summed E-state index contributed by atoms with van der Waals surface area (Å²) in [4.78, 5) is 15.2. The molecule has 0 radical (unpaired) electrons. The fourth-order valence-corrected chi connectivity index (χ4v) is 3.16. The summed E-state index contributed by atoms with van der Waals surface area (Å²) in [6.45, 7) is 2.23. The first-order valence-electron chi connectivity index (χ1n) is 7.00. The van der Waals surface area contributed by atoms with Crippen LogP contribution in [-0.4, -0.2) is 28.0 Å². The van der Waals surface area contributed by atoms with E-state index in [-0.39, 0.29) is 0 Å². The third-order valence-corrected chi connectivity index (χ3v) is 4.44. The molecular weight excluding hydrogens is 268 g/mol. The van der Waals surface area contributed by atoms with Gasteiger partial charge in [-0.05, 0) is 37.0 Å². The van der Waals surface area contributed by atoms with E-state index in [1.54, 1.807) is 18.1 Å². The molecule has 0 unspecified atom stereocenters. The van der Waals surface area contributed by atoms with Crippen LogP contribution in [-0.2, 0) is 5.75 Å². The molecule has 2 aromatic heterocycles. The second-order valence-corrected chi connectivity index (χ2v) is 5.90. The molecule has 0 aromatic carbocycles. The van der Waals surface area contributed by atoms with E-state index in [9.17, 15) is 0 Å². The zero-order valence-electron chi connectivity index (χ0n) is 11.4. The third kappa shape index (κ3) is 3.48. The van der Waals surface area contributed by atoms with Gasteiger partial charge in [0.1, 0.15) is 17.2 Å². The highest BCUT2D eigenvalue weighted by molar-refractivity contribution is 7.98. The number of rotatable bonds is 4. The van der Waals surface area contributed by atoms with Gasteiger partial charge in [-0.15, -0.1) is 11.8 Å². The van der Waals surface area contributed by atoms with E-state index in [1.807, 2.05) is 24.5 Å². The normalized spacial score (nSPS) is 15.3. The van der Waals surface area contributed by atoms with Crippen molar-refractivity contribution in [3.63, 3.8) is 0 Å². The van der Waals surface area contributed by atoms with E-state index in [0.29, 0.717) is 0 Å². The van der Waals surface area contributed by atoms with E-state index in [2.05, 4.69) is 25.9 Å². The van der Waals surface area contributed by atoms with E-state index in [1.165, 1.54) is 24.8 Å². The van der Waals surface area contributed by atoms with Gasteiger partial charge in [0, 0.05) is 37.3 Å². The van der Waals surface area contributed by atoms with Crippen LogP contribution in [0.1, 0.15) is 24.8 Å². The summed E-state index contributed by atoms with van der Waals surface area (Å²) in [7, 11) is 0. The van der Waals surface area contributed by atoms with Gasteiger partial charge >= 0.3 is 0 Å². The number of hydrogen-bond acceptors (Lipinski definition) is 5. The Morgan fingerprint density at radius 1 is 1.05 bits per heavy atom. The van der Waals surface area contributed by atoms with E-state index >= 15 is 0 Å². The number of piperidine rings is 1. The first-order valence-corrected chi connectivity index (χ1v) is 7.99. The van der Waals surface area contributed by atoms with Crippen molar-refractivity contribution in [1.29, 1.82) is 0 Å². The van der Waals surface area contributed by atoms with Crippen molar-refractivity contribution in [3.8, 4) is 0 Å². The molecule has 0 saturated carbocycles. The highest BCUT2D eigenvalue weighted by Crippen LogP contribution is 2.24. The Hall–Kier alpha value is -1.62. The molecule has 104 valence electrons. The molecule has 4 nitrogen and oxygen atoms in total. The maximum Gasteiger partial charge on any atom is 0.133 e. The van der Waals surface area contributed by atoms with Crippen molar-refractivity contribution in [2.24, 2.45) is 0 Å². The van der Waals surface area contributed by atoms with Crippen LogP contribution in [0.3, 0.4) is 0 Å². The molecule has 0 atom stereocenters. The summed E-state index contributed by atoms with van der Waals surface area (Å²) in [5.41, 5.74) is 1.27. The van der Waals surface area contributed by atoms with Gasteiger partial charge in [-0.2, -0.15) is 0 Å². The number of hydrogen-bond donors (Lipinski definition) is 0. The monoisotopic (exact) mass is 286 g/mol. The predicted molar refractivity (Wildman–Crippen MR) is 81.9 cm³/mol. The minimum Gasteiger partial charge on any atom is -0.356 e. The molecule has 1 saturated heterocycles. The van der Waals surface area contributed by atoms with Crippen molar-refractivity contribution in [2.75, 3.05) is 18.0 Å². The lowest BCUT2D eigenvalue weighted by molar-refractivity contribution is 0.572. The molecule has 0 spiro atoms. The predicted octanol–water partition coefficient (Wildman–Crippen LogP) is 3.15. The number of anilines is 1. The standard InChI is InChI=1S/C15H18N4S/c1-2-8-19(9-3-1)14-10-15(18-12-17-14)20-11-13-4-6-16-7-5-13/h4-7,10,12H,1-3,8-9,11H2. The van der Waals surface area contributed by atoms with E-state index in [4.69, 9.17) is 0 Å². The smallest absolute Gasteiger partial charge is 0.133 e. The van der Waals surface area contributed by atoms with E-state index in [0.717, 1.165) is 29.7 Å². The van der Waals surface area contributed by atoms with E-state index < -0.39 is 0 Å². The Morgan fingerprint density at radius 3 is 2.65 bits per heavy atom. The zero-order chi connectivity index (χ0) is 13.6. The Balaban J connectivity index is 1.65. The summed E-state index contributed by atoms with van der Waals surface area (Å²) in [6.07, 6.45) is 9.21. The first kappa shape index (κ1) is 13.4. The molecule has 3 rings (SSSR count). The molecule has 1 fully saturated rings. The fourth-order valence-electron chi connectivity index (χ4n) is 2.34. The first-order chi connectivity index (χ1) is 9.92. The van der Waals surface area contributed by atoms with Crippen LogP contribution < -0.4 is 4.90 Å². The van der Waals surface area contributed by atoms with Crippen LogP contribution in [0, 0.1) is 0 Å². The summed E-state index contributed by atoms with van der Waals surface area (Å²) < 4.78 is 0. The summed E-state index contributed by atoms with van der Waals surface area (Å²) >= 11 is 1.75. The second-order valence-electron chi connectivity index (χ2n) is 4.91. The number of pyridine rings is 1. The fraction of sp³-hybridized carbons (Fsp3) is 0.400. The van der Waals surface area contributed by atoms with Crippen LogP contribution in [0.5, 0.6) is 0 Å². The topological polar surface area (TPSA) is 41.9 Å². The summed E-state index contributed by atoms with van der Waals surface area (Å²) in [6, 6.07) is 6.19. The largest absolute Gasteiger partial charge is 0.356 e. The van der Waals surface area contributed by atoms with Crippen LogP contribution in [0.2, 0.25) is 0 Å². The Morgan fingerprint density at radius 2 is 1.85 bits per heavy atom. The van der Waals surface area contributed by atoms with Gasteiger partial charge < -0.3 is 4.90 Å². The molecule has 20 heavy (non-hydrogen) atoms. The van der Waals surface area contributed by atoms with Gasteiger partial charge in [-0.3, -0.25) is 4.98 Å². The van der Waals surface area contributed by atoms with Crippen LogP contribution >= 0.6 is 11.8 Å². The van der Waals surface area contributed by atoms with Crippen LogP contribution in [0.15, 0.2) is 41.9 Å². The van der Waals surface area contributed by atoms with Gasteiger partial charge in [-0.1, -0.05) is 0 Å². The lowest BCUT2D eigenvalue weighted by Gasteiger charge is -2.27. The molecule has 0 bridgehead atoms. The quantitative estimate of drug-likeness (QED) is 0.638. The molecule has 0 aliphatic carbocycles. The highest BCUT2D eigenvalue weighted by atomic mass is 32.2. The van der Waals surface area contributed by atoms with Crippen molar-refractivity contribution < 1.29 is 0 Å². The maximum atomic E-state index is 4.41.